The summed E-state index contributed by atoms with van der Waals surface area (Å²) in [5, 5.41) is 3.79. The summed E-state index contributed by atoms with van der Waals surface area (Å²) in [5.41, 5.74) is -0.147. The highest BCUT2D eigenvalue weighted by Gasteiger charge is 2.19. The lowest BCUT2D eigenvalue weighted by atomic mass is 10.2. The van der Waals surface area contributed by atoms with E-state index in [-0.39, 0.29) is 5.78 Å². The third kappa shape index (κ3) is 3.18. The quantitative estimate of drug-likeness (QED) is 0.723. The molecule has 0 aromatic carbocycles. The fourth-order valence-corrected chi connectivity index (χ4v) is 1.08. The fraction of sp³-hybridized carbons (Fsp3) is 0.545. The van der Waals surface area contributed by atoms with Crippen LogP contribution in [0.3, 0.4) is 0 Å². The average molecular weight is 224 g/mol. The van der Waals surface area contributed by atoms with Gasteiger partial charge in [-0.05, 0) is 20.8 Å². The van der Waals surface area contributed by atoms with E-state index >= 15 is 0 Å². The molecule has 1 heterocycles. The number of carbonyl (C=O) groups is 2. The van der Waals surface area contributed by atoms with Crippen LogP contribution in [0.2, 0.25) is 0 Å². The van der Waals surface area contributed by atoms with Crippen LogP contribution in [0.5, 0.6) is 0 Å². The standard InChI is InChI=1S/C11H16N2O3/c1-5-9(14)8-6-12-13(7-8)10(15)16-11(2,3)4/h6-7H,5H2,1-4H3. The van der Waals surface area contributed by atoms with Gasteiger partial charge < -0.3 is 4.74 Å². The molecule has 0 saturated heterocycles. The van der Waals surface area contributed by atoms with Crippen LogP contribution in [-0.2, 0) is 4.74 Å². The van der Waals surface area contributed by atoms with Crippen LogP contribution < -0.4 is 0 Å². The molecule has 88 valence electrons. The van der Waals surface area contributed by atoms with Crippen LogP contribution in [0.25, 0.3) is 0 Å². The van der Waals surface area contributed by atoms with Gasteiger partial charge in [-0.15, -0.1) is 0 Å². The minimum absolute atomic E-state index is 0.0465. The number of ether oxygens (including phenoxy) is 1. The van der Waals surface area contributed by atoms with Crippen LogP contribution in [0.1, 0.15) is 44.5 Å². The summed E-state index contributed by atoms with van der Waals surface area (Å²) in [6.45, 7) is 7.07. The van der Waals surface area contributed by atoms with Crippen LogP contribution in [0.4, 0.5) is 4.79 Å². The van der Waals surface area contributed by atoms with Gasteiger partial charge in [0.05, 0.1) is 11.8 Å². The van der Waals surface area contributed by atoms with E-state index < -0.39 is 11.7 Å². The van der Waals surface area contributed by atoms with Crippen LogP contribution >= 0.6 is 0 Å². The van der Waals surface area contributed by atoms with Gasteiger partial charge in [0.25, 0.3) is 0 Å². The predicted octanol–water partition coefficient (Wildman–Crippen LogP) is 2.26. The molecule has 0 unspecified atom stereocenters. The Kier molecular flexibility index (Phi) is 3.47. The maximum absolute atomic E-state index is 11.6. The molecular weight excluding hydrogens is 208 g/mol. The summed E-state index contributed by atoms with van der Waals surface area (Å²) in [6, 6.07) is 0. The molecule has 0 aliphatic heterocycles. The molecule has 0 atom stereocenters. The third-order valence-electron chi connectivity index (χ3n) is 1.81. The Morgan fingerprint density at radius 2 is 2.06 bits per heavy atom. The minimum atomic E-state index is -0.581. The monoisotopic (exact) mass is 224 g/mol. The molecular formula is C11H16N2O3. The van der Waals surface area contributed by atoms with Gasteiger partial charge in [0.2, 0.25) is 0 Å². The lowest BCUT2D eigenvalue weighted by molar-refractivity contribution is 0.0514. The molecule has 0 N–H and O–H groups in total. The second-order valence-electron chi connectivity index (χ2n) is 4.43. The van der Waals surface area contributed by atoms with E-state index in [4.69, 9.17) is 4.74 Å². The number of Topliss-reactive ketones (excluding diaryl/α,β-unsaturated/α-hetero) is 1. The Morgan fingerprint density at radius 3 is 2.56 bits per heavy atom. The molecule has 1 aromatic rings. The second-order valence-corrected chi connectivity index (χ2v) is 4.43. The first-order valence-corrected chi connectivity index (χ1v) is 5.14. The van der Waals surface area contributed by atoms with E-state index in [2.05, 4.69) is 5.10 Å². The number of aromatic nitrogens is 2. The van der Waals surface area contributed by atoms with Crippen LogP contribution in [0, 0.1) is 0 Å². The Morgan fingerprint density at radius 1 is 1.44 bits per heavy atom. The van der Waals surface area contributed by atoms with E-state index in [9.17, 15) is 9.59 Å². The minimum Gasteiger partial charge on any atom is -0.442 e. The number of hydrogen-bond donors (Lipinski definition) is 0. The van der Waals surface area contributed by atoms with E-state index in [0.717, 1.165) is 4.68 Å². The lowest BCUT2D eigenvalue weighted by Gasteiger charge is -2.18. The average Bonchev–Trinajstić information content (AvgIpc) is 2.62. The molecule has 5 heteroatoms. The number of ketones is 1. The molecule has 16 heavy (non-hydrogen) atoms. The van der Waals surface area contributed by atoms with Gasteiger partial charge in [0.1, 0.15) is 5.60 Å². The summed E-state index contributed by atoms with van der Waals surface area (Å²) < 4.78 is 6.14. The van der Waals surface area contributed by atoms with Crippen molar-refractivity contribution in [3.05, 3.63) is 18.0 Å². The molecule has 0 radical (unpaired) electrons. The van der Waals surface area contributed by atoms with Crippen molar-refractivity contribution in [1.29, 1.82) is 0 Å². The van der Waals surface area contributed by atoms with Gasteiger partial charge in [-0.3, -0.25) is 4.79 Å². The molecule has 1 rings (SSSR count). The van der Waals surface area contributed by atoms with Gasteiger partial charge in [-0.2, -0.15) is 9.78 Å². The lowest BCUT2D eigenvalue weighted by Crippen LogP contribution is -2.27. The summed E-state index contributed by atoms with van der Waals surface area (Å²) in [6.07, 6.45) is 2.57. The smallest absolute Gasteiger partial charge is 0.435 e. The number of rotatable bonds is 2. The summed E-state index contributed by atoms with van der Waals surface area (Å²) in [7, 11) is 0. The zero-order valence-electron chi connectivity index (χ0n) is 9.98. The van der Waals surface area contributed by atoms with Crippen molar-refractivity contribution in [1.82, 2.24) is 9.78 Å². The first kappa shape index (κ1) is 12.4. The Hall–Kier alpha value is -1.65. The highest BCUT2D eigenvalue weighted by molar-refractivity contribution is 5.95. The molecule has 5 nitrogen and oxygen atoms in total. The van der Waals surface area contributed by atoms with Gasteiger partial charge in [-0.1, -0.05) is 6.92 Å². The van der Waals surface area contributed by atoms with E-state index in [1.807, 2.05) is 0 Å². The van der Waals surface area contributed by atoms with Crippen molar-refractivity contribution in [3.63, 3.8) is 0 Å². The largest absolute Gasteiger partial charge is 0.442 e. The van der Waals surface area contributed by atoms with E-state index in [1.54, 1.807) is 27.7 Å². The fourth-order valence-electron chi connectivity index (χ4n) is 1.08. The summed E-state index contributed by atoms with van der Waals surface area (Å²) >= 11 is 0. The predicted molar refractivity (Wildman–Crippen MR) is 58.5 cm³/mol. The Balaban J connectivity index is 2.78. The zero-order valence-corrected chi connectivity index (χ0v) is 9.98. The molecule has 0 spiro atoms. The topological polar surface area (TPSA) is 61.2 Å². The maximum Gasteiger partial charge on any atom is 0.435 e. The molecule has 0 fully saturated rings. The molecule has 0 saturated carbocycles. The van der Waals surface area contributed by atoms with Gasteiger partial charge >= 0.3 is 6.09 Å². The molecule has 0 bridgehead atoms. The normalized spacial score (nSPS) is 11.2. The zero-order chi connectivity index (χ0) is 12.3. The summed E-state index contributed by atoms with van der Waals surface area (Å²) in [4.78, 5) is 22.9. The summed E-state index contributed by atoms with van der Waals surface area (Å²) in [5.74, 6) is -0.0465. The van der Waals surface area contributed by atoms with E-state index in [1.165, 1.54) is 12.4 Å². The van der Waals surface area contributed by atoms with Gasteiger partial charge in [-0.25, -0.2) is 4.79 Å². The van der Waals surface area contributed by atoms with Crippen LogP contribution in [-0.4, -0.2) is 27.3 Å². The Bertz CT molecular complexity index is 402. The first-order valence-electron chi connectivity index (χ1n) is 5.14. The van der Waals surface area contributed by atoms with E-state index in [0.29, 0.717) is 12.0 Å². The first-order chi connectivity index (χ1) is 7.33. The molecule has 1 aromatic heterocycles. The molecule has 0 aliphatic rings. The van der Waals surface area contributed by atoms with Gasteiger partial charge in [0, 0.05) is 12.6 Å². The van der Waals surface area contributed by atoms with Crippen LogP contribution in [0.15, 0.2) is 12.4 Å². The second kappa shape index (κ2) is 4.47. The van der Waals surface area contributed by atoms with Crippen molar-refractivity contribution in [3.8, 4) is 0 Å². The van der Waals surface area contributed by atoms with Crippen molar-refractivity contribution in [2.75, 3.05) is 0 Å². The molecule has 0 aliphatic carbocycles. The SMILES string of the molecule is CCC(=O)c1cnn(C(=O)OC(C)(C)C)c1. The maximum atomic E-state index is 11.6. The number of hydrogen-bond acceptors (Lipinski definition) is 4. The highest BCUT2D eigenvalue weighted by Crippen LogP contribution is 2.09. The highest BCUT2D eigenvalue weighted by atomic mass is 16.6. The Labute approximate surface area is 94.4 Å². The molecule has 0 amide bonds. The number of carbonyl (C=O) groups excluding carboxylic acids is 2. The third-order valence-corrected chi connectivity index (χ3v) is 1.81. The van der Waals surface area contributed by atoms with Crippen molar-refractivity contribution < 1.29 is 14.3 Å². The number of nitrogens with zero attached hydrogens (tertiary/aromatic N) is 2. The van der Waals surface area contributed by atoms with Crippen molar-refractivity contribution in [2.45, 2.75) is 39.7 Å². The van der Waals surface area contributed by atoms with Gasteiger partial charge in [0.15, 0.2) is 5.78 Å². The van der Waals surface area contributed by atoms with Crippen molar-refractivity contribution in [2.24, 2.45) is 0 Å². The van der Waals surface area contributed by atoms with Crippen molar-refractivity contribution >= 4 is 11.9 Å².